The van der Waals surface area contributed by atoms with Crippen molar-refractivity contribution in [2.75, 3.05) is 19.5 Å². The minimum atomic E-state index is 0. The molecular formula is C17H22IN3O2. The number of rotatable bonds is 6. The molecule has 124 valence electrons. The molecule has 0 fully saturated rings. The highest BCUT2D eigenvalue weighted by Crippen LogP contribution is 2.16. The van der Waals surface area contributed by atoms with Crippen LogP contribution in [0.25, 0.3) is 0 Å². The fraction of sp³-hybridized carbons (Fsp3) is 0.235. The molecule has 2 aromatic carbocycles. The molecule has 0 spiro atoms. The van der Waals surface area contributed by atoms with E-state index in [0.29, 0.717) is 19.1 Å². The van der Waals surface area contributed by atoms with Crippen LogP contribution in [0.5, 0.6) is 5.75 Å². The van der Waals surface area contributed by atoms with Gasteiger partial charge in [-0.05, 0) is 23.3 Å². The summed E-state index contributed by atoms with van der Waals surface area (Å²) in [6, 6.07) is 15.6. The van der Waals surface area contributed by atoms with Crippen molar-refractivity contribution in [3.63, 3.8) is 0 Å². The Bertz CT molecular complexity index is 630. The van der Waals surface area contributed by atoms with E-state index < -0.39 is 0 Å². The van der Waals surface area contributed by atoms with Gasteiger partial charge in [0.15, 0.2) is 5.96 Å². The smallest absolute Gasteiger partial charge is 0.193 e. The molecule has 0 aliphatic carbocycles. The molecule has 0 heterocycles. The van der Waals surface area contributed by atoms with Crippen LogP contribution in [0.15, 0.2) is 53.5 Å². The lowest BCUT2D eigenvalue weighted by atomic mass is 10.1. The summed E-state index contributed by atoms with van der Waals surface area (Å²) in [5.41, 5.74) is 8.97. The number of hydrogen-bond donors (Lipinski definition) is 2. The topological polar surface area (TPSA) is 68.9 Å². The third-order valence-electron chi connectivity index (χ3n) is 3.11. The van der Waals surface area contributed by atoms with Gasteiger partial charge in [0.1, 0.15) is 5.75 Å². The summed E-state index contributed by atoms with van der Waals surface area (Å²) in [7, 11) is 3.31. The molecule has 0 radical (unpaired) electrons. The molecule has 0 saturated heterocycles. The summed E-state index contributed by atoms with van der Waals surface area (Å²) in [4.78, 5) is 4.33. The van der Waals surface area contributed by atoms with Gasteiger partial charge in [-0.1, -0.05) is 30.3 Å². The lowest BCUT2D eigenvalue weighted by Gasteiger charge is -2.07. The van der Waals surface area contributed by atoms with E-state index in [1.54, 1.807) is 14.2 Å². The first-order valence-corrected chi connectivity index (χ1v) is 6.99. The number of methoxy groups -OCH3 is 2. The van der Waals surface area contributed by atoms with Crippen molar-refractivity contribution < 1.29 is 9.47 Å². The highest BCUT2D eigenvalue weighted by molar-refractivity contribution is 14.0. The van der Waals surface area contributed by atoms with Gasteiger partial charge in [-0.15, -0.1) is 24.0 Å². The zero-order valence-electron chi connectivity index (χ0n) is 13.3. The second kappa shape index (κ2) is 10.1. The van der Waals surface area contributed by atoms with E-state index in [1.165, 1.54) is 0 Å². The molecule has 0 aliphatic heterocycles. The van der Waals surface area contributed by atoms with Gasteiger partial charge in [-0.3, -0.25) is 0 Å². The molecule has 0 aromatic heterocycles. The van der Waals surface area contributed by atoms with Crippen molar-refractivity contribution in [2.45, 2.75) is 13.2 Å². The van der Waals surface area contributed by atoms with E-state index in [-0.39, 0.29) is 24.0 Å². The Morgan fingerprint density at radius 1 is 1.09 bits per heavy atom. The standard InChI is InChI=1S/C17H21N3O2.HI/c1-21-12-14-8-6-13(7-9-14)11-19-17(18)20-15-4-3-5-16(10-15)22-2;/h3-10H,11-12H2,1-2H3,(H3,18,19,20);1H. The number of ether oxygens (including phenoxy) is 2. The lowest BCUT2D eigenvalue weighted by molar-refractivity contribution is 0.185. The van der Waals surface area contributed by atoms with Gasteiger partial charge in [-0.25, -0.2) is 4.99 Å². The van der Waals surface area contributed by atoms with E-state index in [9.17, 15) is 0 Å². The van der Waals surface area contributed by atoms with E-state index in [2.05, 4.69) is 10.3 Å². The van der Waals surface area contributed by atoms with Crippen LogP contribution in [0, 0.1) is 0 Å². The van der Waals surface area contributed by atoms with Crippen LogP contribution < -0.4 is 15.8 Å². The quantitative estimate of drug-likeness (QED) is 0.422. The summed E-state index contributed by atoms with van der Waals surface area (Å²) < 4.78 is 10.2. The van der Waals surface area contributed by atoms with Gasteiger partial charge in [-0.2, -0.15) is 0 Å². The van der Waals surface area contributed by atoms with E-state index in [1.807, 2.05) is 48.5 Å². The van der Waals surface area contributed by atoms with Crippen LogP contribution in [-0.2, 0) is 17.9 Å². The van der Waals surface area contributed by atoms with Crippen molar-refractivity contribution in [3.05, 3.63) is 59.7 Å². The Morgan fingerprint density at radius 3 is 2.43 bits per heavy atom. The molecule has 0 aliphatic rings. The Kier molecular flexibility index (Phi) is 8.42. The molecule has 3 N–H and O–H groups in total. The molecule has 0 atom stereocenters. The van der Waals surface area contributed by atoms with Gasteiger partial charge < -0.3 is 20.5 Å². The summed E-state index contributed by atoms with van der Waals surface area (Å²) in [6.07, 6.45) is 0. The number of guanidine groups is 1. The molecule has 0 bridgehead atoms. The van der Waals surface area contributed by atoms with E-state index >= 15 is 0 Å². The number of halogens is 1. The van der Waals surface area contributed by atoms with Gasteiger partial charge >= 0.3 is 0 Å². The Labute approximate surface area is 153 Å². The first-order chi connectivity index (χ1) is 10.7. The monoisotopic (exact) mass is 427 g/mol. The predicted octanol–water partition coefficient (Wildman–Crippen LogP) is 3.39. The maximum atomic E-state index is 5.90. The van der Waals surface area contributed by atoms with Crippen LogP contribution in [-0.4, -0.2) is 20.2 Å². The number of hydrogen-bond acceptors (Lipinski definition) is 3. The summed E-state index contributed by atoms with van der Waals surface area (Å²) in [6.45, 7) is 1.14. The van der Waals surface area contributed by atoms with Crippen molar-refractivity contribution >= 4 is 35.6 Å². The third-order valence-corrected chi connectivity index (χ3v) is 3.11. The second-order valence-corrected chi connectivity index (χ2v) is 4.81. The minimum Gasteiger partial charge on any atom is -0.497 e. The summed E-state index contributed by atoms with van der Waals surface area (Å²) >= 11 is 0. The number of aliphatic imine (C=N–C) groups is 1. The zero-order valence-corrected chi connectivity index (χ0v) is 15.6. The second-order valence-electron chi connectivity index (χ2n) is 4.81. The van der Waals surface area contributed by atoms with Gasteiger partial charge in [0, 0.05) is 18.9 Å². The molecule has 5 nitrogen and oxygen atoms in total. The van der Waals surface area contributed by atoms with Crippen LogP contribution in [0.3, 0.4) is 0 Å². The van der Waals surface area contributed by atoms with Crippen molar-refractivity contribution in [1.29, 1.82) is 0 Å². The minimum absolute atomic E-state index is 0. The number of nitrogens with two attached hydrogens (primary N) is 1. The number of nitrogens with one attached hydrogen (secondary N) is 1. The van der Waals surface area contributed by atoms with Crippen molar-refractivity contribution in [3.8, 4) is 5.75 Å². The fourth-order valence-corrected chi connectivity index (χ4v) is 1.97. The molecule has 0 amide bonds. The lowest BCUT2D eigenvalue weighted by Crippen LogP contribution is -2.22. The first kappa shape index (κ1) is 19.2. The van der Waals surface area contributed by atoms with Gasteiger partial charge in [0.2, 0.25) is 0 Å². The number of nitrogens with zero attached hydrogens (tertiary/aromatic N) is 1. The number of benzene rings is 2. The SMILES string of the molecule is COCc1ccc(CN=C(N)Nc2cccc(OC)c2)cc1.I. The van der Waals surface area contributed by atoms with Crippen LogP contribution in [0.4, 0.5) is 5.69 Å². The largest absolute Gasteiger partial charge is 0.497 e. The highest BCUT2D eigenvalue weighted by atomic mass is 127. The van der Waals surface area contributed by atoms with E-state index in [0.717, 1.165) is 22.6 Å². The maximum Gasteiger partial charge on any atom is 0.193 e. The maximum absolute atomic E-state index is 5.90. The average molecular weight is 427 g/mol. The van der Waals surface area contributed by atoms with Crippen molar-refractivity contribution in [1.82, 2.24) is 0 Å². The summed E-state index contributed by atoms with van der Waals surface area (Å²) in [5, 5.41) is 3.05. The number of anilines is 1. The Balaban J connectivity index is 0.00000264. The van der Waals surface area contributed by atoms with Crippen LogP contribution in [0.1, 0.15) is 11.1 Å². The molecular weight excluding hydrogens is 405 g/mol. The molecule has 2 aromatic rings. The molecule has 23 heavy (non-hydrogen) atoms. The average Bonchev–Trinajstić information content (AvgIpc) is 2.55. The fourth-order valence-electron chi connectivity index (χ4n) is 1.97. The third kappa shape index (κ3) is 6.45. The van der Waals surface area contributed by atoms with Crippen LogP contribution in [0.2, 0.25) is 0 Å². The van der Waals surface area contributed by atoms with Gasteiger partial charge in [0.25, 0.3) is 0 Å². The first-order valence-electron chi connectivity index (χ1n) is 6.99. The van der Waals surface area contributed by atoms with Crippen molar-refractivity contribution in [2.24, 2.45) is 10.7 Å². The zero-order chi connectivity index (χ0) is 15.8. The normalized spacial score (nSPS) is 10.8. The van der Waals surface area contributed by atoms with E-state index in [4.69, 9.17) is 15.2 Å². The Morgan fingerprint density at radius 2 is 1.78 bits per heavy atom. The molecule has 0 saturated carbocycles. The Hall–Kier alpha value is -1.80. The highest BCUT2D eigenvalue weighted by Gasteiger charge is 1.98. The predicted molar refractivity (Wildman–Crippen MR) is 105 cm³/mol. The molecule has 0 unspecified atom stereocenters. The van der Waals surface area contributed by atoms with Crippen LogP contribution >= 0.6 is 24.0 Å². The summed E-state index contributed by atoms with van der Waals surface area (Å²) in [5.74, 6) is 1.14. The molecule has 2 rings (SSSR count). The molecule has 6 heteroatoms. The van der Waals surface area contributed by atoms with Gasteiger partial charge in [0.05, 0.1) is 20.3 Å².